The molecule has 1 aromatic heterocycles. The predicted molar refractivity (Wildman–Crippen MR) is 101 cm³/mol. The first-order chi connectivity index (χ1) is 11.3. The Morgan fingerprint density at radius 1 is 1.22 bits per heavy atom. The van der Waals surface area contributed by atoms with Crippen molar-refractivity contribution in [2.24, 2.45) is 0 Å². The van der Waals surface area contributed by atoms with Crippen LogP contribution in [-0.2, 0) is 16.0 Å². The van der Waals surface area contributed by atoms with E-state index in [9.17, 15) is 4.79 Å². The number of nitrogens with one attached hydrogen (secondary N) is 1. The summed E-state index contributed by atoms with van der Waals surface area (Å²) in [6, 6.07) is 6.10. The lowest BCUT2D eigenvalue weighted by Gasteiger charge is -2.05. The van der Waals surface area contributed by atoms with E-state index in [1.54, 1.807) is 10.8 Å². The van der Waals surface area contributed by atoms with Gasteiger partial charge in [-0.15, -0.1) is 0 Å². The van der Waals surface area contributed by atoms with Crippen molar-refractivity contribution in [3.05, 3.63) is 30.1 Å². The molecule has 4 nitrogen and oxygen atoms in total. The van der Waals surface area contributed by atoms with E-state index < -0.39 is 0 Å². The Kier molecular flexibility index (Phi) is 13.1. The molecule has 23 heavy (non-hydrogen) atoms. The smallest absolute Gasteiger partial charge is 0.246 e. The zero-order valence-electron chi connectivity index (χ0n) is 14.0. The number of unbranched alkanes of at least 4 members (excludes halogenated alkanes) is 3. The van der Waals surface area contributed by atoms with Gasteiger partial charge in [-0.2, -0.15) is 0 Å². The molecule has 130 valence electrons. The molecule has 0 aromatic carbocycles. The number of hydrogen-bond acceptors (Lipinski definition) is 5. The maximum Gasteiger partial charge on any atom is 0.246 e. The van der Waals surface area contributed by atoms with Crippen LogP contribution in [0, 0.1) is 0 Å². The highest BCUT2D eigenvalue weighted by atomic mass is 33.1. The van der Waals surface area contributed by atoms with E-state index in [1.807, 2.05) is 36.0 Å². The molecule has 0 aliphatic heterocycles. The summed E-state index contributed by atoms with van der Waals surface area (Å²) < 4.78 is 5.18. The summed E-state index contributed by atoms with van der Waals surface area (Å²) in [5.41, 5.74) is 1.19. The molecule has 1 N–H and O–H groups in total. The molecule has 0 aliphatic rings. The van der Waals surface area contributed by atoms with Crippen molar-refractivity contribution < 1.29 is 9.53 Å². The van der Waals surface area contributed by atoms with Crippen molar-refractivity contribution >= 4 is 27.5 Å². The first-order valence-electron chi connectivity index (χ1n) is 8.31. The van der Waals surface area contributed by atoms with Gasteiger partial charge in [-0.1, -0.05) is 47.4 Å². The monoisotopic (exact) mass is 356 g/mol. The van der Waals surface area contributed by atoms with Crippen LogP contribution in [-0.4, -0.2) is 35.7 Å². The number of amides is 1. The van der Waals surface area contributed by atoms with Crippen molar-refractivity contribution in [1.82, 2.24) is 10.3 Å². The summed E-state index contributed by atoms with van der Waals surface area (Å²) in [7, 11) is 3.53. The molecule has 0 fully saturated rings. The number of ether oxygens (including phenoxy) is 1. The van der Waals surface area contributed by atoms with Crippen LogP contribution in [0.1, 0.15) is 44.7 Å². The molecule has 0 unspecified atom stereocenters. The Morgan fingerprint density at radius 2 is 2.09 bits per heavy atom. The number of aryl methyl sites for hydroxylation is 1. The largest absolute Gasteiger partial charge is 0.372 e. The molecule has 0 bridgehead atoms. The Hall–Kier alpha value is -0.720. The van der Waals surface area contributed by atoms with E-state index in [0.29, 0.717) is 12.5 Å². The van der Waals surface area contributed by atoms with Gasteiger partial charge in [0.25, 0.3) is 0 Å². The lowest BCUT2D eigenvalue weighted by Crippen LogP contribution is -2.27. The maximum atomic E-state index is 11.4. The molecule has 1 rings (SSSR count). The van der Waals surface area contributed by atoms with Crippen molar-refractivity contribution in [3.8, 4) is 0 Å². The van der Waals surface area contributed by atoms with Gasteiger partial charge in [0.1, 0.15) is 6.61 Å². The summed E-state index contributed by atoms with van der Waals surface area (Å²) >= 11 is 0. The summed E-state index contributed by atoms with van der Waals surface area (Å²) in [5, 5.41) is 2.84. The second-order valence-corrected chi connectivity index (χ2v) is 7.80. The summed E-state index contributed by atoms with van der Waals surface area (Å²) in [6.45, 7) is 2.86. The molecule has 0 saturated carbocycles. The van der Waals surface area contributed by atoms with Crippen molar-refractivity contribution in [3.63, 3.8) is 0 Å². The third kappa shape index (κ3) is 12.4. The highest BCUT2D eigenvalue weighted by Gasteiger charge is 2.00. The van der Waals surface area contributed by atoms with Crippen molar-refractivity contribution in [1.29, 1.82) is 0 Å². The van der Waals surface area contributed by atoms with Gasteiger partial charge in [0.05, 0.1) is 5.88 Å². The van der Waals surface area contributed by atoms with Gasteiger partial charge in [-0.25, -0.2) is 0 Å². The van der Waals surface area contributed by atoms with Gasteiger partial charge in [0.2, 0.25) is 5.91 Å². The van der Waals surface area contributed by atoms with Gasteiger partial charge in [-0.05, 0) is 37.8 Å². The number of nitrogens with zero attached hydrogens (tertiary/aromatic N) is 1. The molecule has 0 spiro atoms. The minimum absolute atomic E-state index is 0.0268. The highest BCUT2D eigenvalue weighted by molar-refractivity contribution is 8.76. The number of rotatable bonds is 14. The minimum atomic E-state index is -0.0268. The van der Waals surface area contributed by atoms with Crippen LogP contribution in [0.15, 0.2) is 24.4 Å². The van der Waals surface area contributed by atoms with Crippen LogP contribution in [0.3, 0.4) is 0 Å². The zero-order chi connectivity index (χ0) is 16.6. The fourth-order valence-electron chi connectivity index (χ4n) is 1.94. The lowest BCUT2D eigenvalue weighted by atomic mass is 10.1. The first-order valence-corrected chi connectivity index (χ1v) is 10.8. The first kappa shape index (κ1) is 20.3. The van der Waals surface area contributed by atoms with Crippen molar-refractivity contribution in [2.45, 2.75) is 45.4 Å². The molecule has 6 heteroatoms. The maximum absolute atomic E-state index is 11.4. The fraction of sp³-hybridized carbons (Fsp3) is 0.647. The Balaban J connectivity index is 1.80. The van der Waals surface area contributed by atoms with Crippen LogP contribution in [0.4, 0.5) is 0 Å². The van der Waals surface area contributed by atoms with E-state index in [2.05, 4.69) is 16.4 Å². The molecular formula is C17H28N2O2S2. The quantitative estimate of drug-likeness (QED) is 0.309. The number of carbonyl (C=O) groups excluding carboxylic acids is 1. The van der Waals surface area contributed by atoms with Gasteiger partial charge < -0.3 is 10.1 Å². The average Bonchev–Trinajstić information content (AvgIpc) is 2.58. The van der Waals surface area contributed by atoms with Gasteiger partial charge in [0.15, 0.2) is 0 Å². The molecule has 1 heterocycles. The van der Waals surface area contributed by atoms with E-state index in [-0.39, 0.29) is 12.5 Å². The SMILES string of the molecule is CCCOCC(=O)NCSSCCCCCCc1ccccn1. The van der Waals surface area contributed by atoms with E-state index in [0.717, 1.165) is 18.6 Å². The molecule has 0 atom stereocenters. The van der Waals surface area contributed by atoms with E-state index in [1.165, 1.54) is 31.4 Å². The van der Waals surface area contributed by atoms with Crippen LogP contribution in [0.2, 0.25) is 0 Å². The van der Waals surface area contributed by atoms with Crippen molar-refractivity contribution in [2.75, 3.05) is 24.8 Å². The molecule has 0 radical (unpaired) electrons. The number of aromatic nitrogens is 1. The highest BCUT2D eigenvalue weighted by Crippen LogP contribution is 2.21. The second kappa shape index (κ2) is 14.8. The Morgan fingerprint density at radius 3 is 2.87 bits per heavy atom. The average molecular weight is 357 g/mol. The van der Waals surface area contributed by atoms with Gasteiger partial charge in [-0.3, -0.25) is 9.78 Å². The molecule has 0 aliphatic carbocycles. The second-order valence-electron chi connectivity index (χ2n) is 5.22. The standard InChI is InChI=1S/C17H28N2O2S2/c1-2-12-21-14-17(20)19-15-23-22-13-8-4-3-5-9-16-10-6-7-11-18-16/h6-7,10-11H,2-5,8-9,12-15H2,1H3,(H,19,20). The van der Waals surface area contributed by atoms with Crippen LogP contribution in [0.5, 0.6) is 0 Å². The summed E-state index contributed by atoms with van der Waals surface area (Å²) in [6.07, 6.45) is 8.84. The summed E-state index contributed by atoms with van der Waals surface area (Å²) in [4.78, 5) is 15.7. The number of pyridine rings is 1. The van der Waals surface area contributed by atoms with Gasteiger partial charge >= 0.3 is 0 Å². The van der Waals surface area contributed by atoms with Crippen LogP contribution in [0.25, 0.3) is 0 Å². The van der Waals surface area contributed by atoms with Gasteiger partial charge in [0, 0.05) is 24.3 Å². The van der Waals surface area contributed by atoms with E-state index >= 15 is 0 Å². The zero-order valence-corrected chi connectivity index (χ0v) is 15.6. The number of hydrogen-bond donors (Lipinski definition) is 1. The fourth-order valence-corrected chi connectivity index (χ4v) is 3.81. The molecule has 1 aromatic rings. The summed E-state index contributed by atoms with van der Waals surface area (Å²) in [5.74, 6) is 1.76. The van der Waals surface area contributed by atoms with Crippen LogP contribution >= 0.6 is 21.6 Å². The normalized spacial score (nSPS) is 10.7. The number of carbonyl (C=O) groups is 1. The van der Waals surface area contributed by atoms with Crippen LogP contribution < -0.4 is 5.32 Å². The molecule has 0 saturated heterocycles. The van der Waals surface area contributed by atoms with E-state index in [4.69, 9.17) is 4.74 Å². The molecule has 1 amide bonds. The third-order valence-corrected chi connectivity index (χ3v) is 5.37. The predicted octanol–water partition coefficient (Wildman–Crippen LogP) is 4.07. The lowest BCUT2D eigenvalue weighted by molar-refractivity contribution is -0.125. The topological polar surface area (TPSA) is 51.2 Å². The third-order valence-electron chi connectivity index (χ3n) is 3.13. The minimum Gasteiger partial charge on any atom is -0.372 e. The Labute approximate surface area is 148 Å². The molecular weight excluding hydrogens is 328 g/mol. The Bertz CT molecular complexity index is 405.